The Labute approximate surface area is 171 Å². The molecule has 29 heavy (non-hydrogen) atoms. The maximum Gasteiger partial charge on any atom is 0.336 e. The molecular formula is C20H17ClN2O5S. The molecule has 1 aliphatic rings. The Bertz CT molecular complexity index is 1260. The summed E-state index contributed by atoms with van der Waals surface area (Å²) in [6, 6.07) is 11.4. The molecule has 1 fully saturated rings. The van der Waals surface area contributed by atoms with Gasteiger partial charge in [-0.1, -0.05) is 11.6 Å². The van der Waals surface area contributed by atoms with Crippen LogP contribution in [-0.4, -0.2) is 32.3 Å². The summed E-state index contributed by atoms with van der Waals surface area (Å²) in [5.74, 6) is -0.239. The van der Waals surface area contributed by atoms with Crippen LogP contribution in [-0.2, 0) is 10.0 Å². The topological polar surface area (TPSA) is 96.7 Å². The second-order valence-corrected chi connectivity index (χ2v) is 8.87. The summed E-state index contributed by atoms with van der Waals surface area (Å²) in [4.78, 5) is 25.8. The van der Waals surface area contributed by atoms with Crippen LogP contribution in [0.5, 0.6) is 0 Å². The van der Waals surface area contributed by atoms with Gasteiger partial charge in [-0.05, 0) is 55.3 Å². The van der Waals surface area contributed by atoms with E-state index in [1.807, 2.05) is 0 Å². The van der Waals surface area contributed by atoms with Crippen molar-refractivity contribution in [3.63, 3.8) is 0 Å². The molecule has 1 aromatic heterocycles. The van der Waals surface area contributed by atoms with Crippen molar-refractivity contribution in [1.29, 1.82) is 0 Å². The molecule has 150 valence electrons. The van der Waals surface area contributed by atoms with Gasteiger partial charge in [0.05, 0.1) is 16.1 Å². The smallest absolute Gasteiger partial charge is 0.336 e. The minimum Gasteiger partial charge on any atom is -0.423 e. The van der Waals surface area contributed by atoms with E-state index in [2.05, 4.69) is 4.72 Å². The van der Waals surface area contributed by atoms with Crippen molar-refractivity contribution in [2.75, 3.05) is 17.8 Å². The largest absolute Gasteiger partial charge is 0.423 e. The van der Waals surface area contributed by atoms with Crippen LogP contribution in [0.1, 0.15) is 23.2 Å². The Hall–Kier alpha value is -2.84. The summed E-state index contributed by atoms with van der Waals surface area (Å²) >= 11 is 6.05. The molecule has 2 heterocycles. The number of sulfonamides is 1. The summed E-state index contributed by atoms with van der Waals surface area (Å²) < 4.78 is 33.4. The number of fused-ring (bicyclic) bond motifs is 1. The highest BCUT2D eigenvalue weighted by atomic mass is 35.5. The molecular weight excluding hydrogens is 416 g/mol. The average Bonchev–Trinajstić information content (AvgIpc) is 3.21. The van der Waals surface area contributed by atoms with Gasteiger partial charge >= 0.3 is 5.63 Å². The fraction of sp³-hybridized carbons (Fsp3) is 0.200. The van der Waals surface area contributed by atoms with Crippen LogP contribution in [0, 0.1) is 0 Å². The van der Waals surface area contributed by atoms with Gasteiger partial charge < -0.3 is 9.32 Å². The first-order valence-corrected chi connectivity index (χ1v) is 10.9. The number of rotatable bonds is 4. The zero-order chi connectivity index (χ0) is 20.6. The Balaban J connectivity index is 1.71. The molecule has 0 unspecified atom stereocenters. The molecule has 0 radical (unpaired) electrons. The Morgan fingerprint density at radius 1 is 1.03 bits per heavy atom. The lowest BCUT2D eigenvalue weighted by molar-refractivity contribution is 0.0794. The second-order valence-electron chi connectivity index (χ2n) is 6.75. The molecule has 7 nitrogen and oxygen atoms in total. The third-order valence-electron chi connectivity index (χ3n) is 4.75. The monoisotopic (exact) mass is 432 g/mol. The molecule has 0 saturated carbocycles. The first kappa shape index (κ1) is 19.5. The lowest BCUT2D eigenvalue weighted by Gasteiger charge is -2.18. The van der Waals surface area contributed by atoms with E-state index in [0.717, 1.165) is 12.8 Å². The number of likely N-dealkylation sites (tertiary alicyclic amines) is 1. The van der Waals surface area contributed by atoms with Crippen LogP contribution < -0.4 is 10.3 Å². The minimum absolute atomic E-state index is 0.0293. The summed E-state index contributed by atoms with van der Waals surface area (Å²) in [5.41, 5.74) is 0.125. The van der Waals surface area contributed by atoms with Crippen molar-refractivity contribution in [1.82, 2.24) is 4.90 Å². The summed E-state index contributed by atoms with van der Waals surface area (Å²) in [6.07, 6.45) is 1.85. The van der Waals surface area contributed by atoms with Gasteiger partial charge in [0.1, 0.15) is 5.58 Å². The molecule has 1 aliphatic heterocycles. The highest BCUT2D eigenvalue weighted by Crippen LogP contribution is 2.27. The van der Waals surface area contributed by atoms with Crippen molar-refractivity contribution >= 4 is 44.2 Å². The van der Waals surface area contributed by atoms with E-state index in [-0.39, 0.29) is 27.6 Å². The number of amides is 1. The number of nitrogens with zero attached hydrogens (tertiary/aromatic N) is 1. The maximum absolute atomic E-state index is 12.9. The maximum atomic E-state index is 12.9. The predicted molar refractivity (Wildman–Crippen MR) is 110 cm³/mol. The van der Waals surface area contributed by atoms with Crippen molar-refractivity contribution in [2.24, 2.45) is 0 Å². The van der Waals surface area contributed by atoms with Crippen molar-refractivity contribution in [3.05, 3.63) is 69.5 Å². The Morgan fingerprint density at radius 3 is 2.55 bits per heavy atom. The van der Waals surface area contributed by atoms with Gasteiger partial charge in [-0.3, -0.25) is 9.52 Å². The van der Waals surface area contributed by atoms with Gasteiger partial charge in [0.15, 0.2) is 0 Å². The zero-order valence-corrected chi connectivity index (χ0v) is 16.8. The van der Waals surface area contributed by atoms with Gasteiger partial charge in [-0.25, -0.2) is 13.2 Å². The first-order valence-electron chi connectivity index (χ1n) is 8.99. The van der Waals surface area contributed by atoms with Crippen LogP contribution >= 0.6 is 11.6 Å². The number of hydrogen-bond donors (Lipinski definition) is 1. The second kappa shape index (κ2) is 7.53. The number of carbonyl (C=O) groups excluding carboxylic acids is 1. The quantitative estimate of drug-likeness (QED) is 0.636. The van der Waals surface area contributed by atoms with E-state index in [1.165, 1.54) is 42.5 Å². The normalized spacial score (nSPS) is 14.3. The average molecular weight is 433 g/mol. The molecule has 2 aromatic carbocycles. The van der Waals surface area contributed by atoms with E-state index in [1.54, 1.807) is 11.0 Å². The molecule has 0 atom stereocenters. The third kappa shape index (κ3) is 3.99. The molecule has 1 N–H and O–H groups in total. The van der Waals surface area contributed by atoms with Gasteiger partial charge in [0.2, 0.25) is 0 Å². The van der Waals surface area contributed by atoms with Crippen LogP contribution in [0.15, 0.2) is 62.6 Å². The van der Waals surface area contributed by atoms with E-state index >= 15 is 0 Å². The van der Waals surface area contributed by atoms with Crippen molar-refractivity contribution < 1.29 is 17.6 Å². The standard InChI is InChI=1S/C20H17ClN2O5S/c21-14-4-6-16(20(25)23-9-1-2-10-23)17(12-14)22-29(26,27)15-5-7-18-13(11-15)3-8-19(24)28-18/h3-8,11-12,22H,1-2,9-10H2. The minimum atomic E-state index is -4.01. The predicted octanol–water partition coefficient (Wildman–Crippen LogP) is 3.48. The Kier molecular flexibility index (Phi) is 5.06. The number of benzene rings is 2. The zero-order valence-electron chi connectivity index (χ0n) is 15.2. The van der Waals surface area contributed by atoms with Crippen molar-refractivity contribution in [3.8, 4) is 0 Å². The third-order valence-corrected chi connectivity index (χ3v) is 6.35. The fourth-order valence-electron chi connectivity index (χ4n) is 3.30. The van der Waals surface area contributed by atoms with Crippen LogP contribution in [0.4, 0.5) is 5.69 Å². The molecule has 1 amide bonds. The summed E-state index contributed by atoms with van der Waals surface area (Å²) in [5, 5.41) is 0.771. The van der Waals surface area contributed by atoms with E-state index in [4.69, 9.17) is 16.0 Å². The van der Waals surface area contributed by atoms with Crippen LogP contribution in [0.25, 0.3) is 11.0 Å². The number of carbonyl (C=O) groups is 1. The molecule has 0 bridgehead atoms. The molecule has 1 saturated heterocycles. The number of halogens is 1. The van der Waals surface area contributed by atoms with Crippen molar-refractivity contribution in [2.45, 2.75) is 17.7 Å². The lowest BCUT2D eigenvalue weighted by atomic mass is 10.1. The lowest BCUT2D eigenvalue weighted by Crippen LogP contribution is -2.28. The van der Waals surface area contributed by atoms with Crippen LogP contribution in [0.2, 0.25) is 5.02 Å². The number of anilines is 1. The van der Waals surface area contributed by atoms with E-state index in [0.29, 0.717) is 23.5 Å². The van der Waals surface area contributed by atoms with Gasteiger partial charge in [0, 0.05) is 29.6 Å². The molecule has 0 aliphatic carbocycles. The van der Waals surface area contributed by atoms with Crippen LogP contribution in [0.3, 0.4) is 0 Å². The van der Waals surface area contributed by atoms with E-state index < -0.39 is 15.6 Å². The van der Waals surface area contributed by atoms with Gasteiger partial charge in [-0.2, -0.15) is 0 Å². The number of nitrogens with one attached hydrogen (secondary N) is 1. The van der Waals surface area contributed by atoms with E-state index in [9.17, 15) is 18.0 Å². The molecule has 4 rings (SSSR count). The Morgan fingerprint density at radius 2 is 1.79 bits per heavy atom. The SMILES string of the molecule is O=C(c1ccc(Cl)cc1NS(=O)(=O)c1ccc2oc(=O)ccc2c1)N1CCCC1. The summed E-state index contributed by atoms with van der Waals surface area (Å²) in [6.45, 7) is 1.28. The summed E-state index contributed by atoms with van der Waals surface area (Å²) in [7, 11) is -4.01. The van der Waals surface area contributed by atoms with Gasteiger partial charge in [-0.15, -0.1) is 0 Å². The molecule has 0 spiro atoms. The van der Waals surface area contributed by atoms with Gasteiger partial charge in [0.25, 0.3) is 15.9 Å². The molecule has 9 heteroatoms. The number of hydrogen-bond acceptors (Lipinski definition) is 5. The fourth-order valence-corrected chi connectivity index (χ4v) is 4.58. The highest BCUT2D eigenvalue weighted by Gasteiger charge is 2.24. The first-order chi connectivity index (χ1) is 13.8. The highest BCUT2D eigenvalue weighted by molar-refractivity contribution is 7.92. The molecule has 3 aromatic rings.